The van der Waals surface area contributed by atoms with E-state index in [4.69, 9.17) is 51.6 Å². The van der Waals surface area contributed by atoms with Gasteiger partial charge in [-0.3, -0.25) is 0 Å². The van der Waals surface area contributed by atoms with Crippen molar-refractivity contribution in [1.29, 1.82) is 0 Å². The van der Waals surface area contributed by atoms with Crippen LogP contribution in [-0.4, -0.2) is 75.1 Å². The maximum Gasteiger partial charge on any atom is 0.427 e. The summed E-state index contributed by atoms with van der Waals surface area (Å²) in [7, 11) is 0. The van der Waals surface area contributed by atoms with Gasteiger partial charge >= 0.3 is 36.3 Å². The van der Waals surface area contributed by atoms with Gasteiger partial charge in [-0.25, -0.2) is 28.8 Å². The summed E-state index contributed by atoms with van der Waals surface area (Å²) in [5.41, 5.74) is -5.84. The Hall–Kier alpha value is -5.08. The van der Waals surface area contributed by atoms with Crippen LogP contribution in [0.3, 0.4) is 0 Å². The van der Waals surface area contributed by atoms with Crippen LogP contribution in [-0.2, 0) is 38.0 Å². The van der Waals surface area contributed by atoms with Gasteiger partial charge in [0, 0.05) is 16.2 Å². The van der Waals surface area contributed by atoms with E-state index in [0.717, 1.165) is 6.20 Å². The summed E-state index contributed by atoms with van der Waals surface area (Å²) in [5.74, 6) is -3.57. The first-order valence-corrected chi connectivity index (χ1v) is 18.2. The van der Waals surface area contributed by atoms with Crippen molar-refractivity contribution >= 4 is 70.7 Å². The molecule has 0 heterocycles. The first-order valence-electron chi connectivity index (χ1n) is 17.4. The molecule has 16 heteroatoms. The number of hydrogen-bond donors (Lipinski definition) is 0. The van der Waals surface area contributed by atoms with Gasteiger partial charge < -0.3 is 28.4 Å². The van der Waals surface area contributed by atoms with Crippen LogP contribution in [0.4, 0.5) is 19.2 Å². The standard InChI is InChI=1S/C40H50Cl2N2O12/c1-14-51-32(46)29(25-17-21-27(42)22-18-25)30(44(35(49)55-39(8,9)10)36(50)56-40(11,12)13)52-31(45)28(24-15-19-26(41)20-16-24)23-43(33(47)53-37(2,3)4)34(48)54-38(5,6)7/h15-23H,14H2,1-13H3/b28-23+,30-29+. The molecule has 2 aromatic rings. The van der Waals surface area contributed by atoms with E-state index in [0.29, 0.717) is 4.90 Å². The predicted octanol–water partition coefficient (Wildman–Crippen LogP) is 10.2. The number of amides is 4. The second-order valence-corrected chi connectivity index (χ2v) is 16.8. The molecule has 2 aromatic carbocycles. The van der Waals surface area contributed by atoms with Crippen molar-refractivity contribution < 1.29 is 57.2 Å². The number of carbonyl (C=O) groups is 6. The summed E-state index contributed by atoms with van der Waals surface area (Å²) in [6, 6.07) is 11.1. The third kappa shape index (κ3) is 15.2. The molecular formula is C40H50Cl2N2O12. The van der Waals surface area contributed by atoms with E-state index in [1.165, 1.54) is 97.0 Å². The topological polar surface area (TPSA) is 164 Å². The summed E-state index contributed by atoms with van der Waals surface area (Å²) in [4.78, 5) is 84.4. The lowest BCUT2D eigenvalue weighted by atomic mass is 10.1. The quantitative estimate of drug-likeness (QED) is 0.107. The Morgan fingerprint density at radius 1 is 0.554 bits per heavy atom. The minimum absolute atomic E-state index is 0.0149. The molecular weight excluding hydrogens is 771 g/mol. The number of hydrogen-bond acceptors (Lipinski definition) is 12. The molecule has 306 valence electrons. The number of nitrogens with zero attached hydrogens (tertiary/aromatic N) is 2. The number of halogens is 2. The summed E-state index contributed by atoms with van der Waals surface area (Å²) in [6.07, 6.45) is -4.50. The molecule has 0 aliphatic rings. The zero-order valence-electron chi connectivity index (χ0n) is 34.0. The third-order valence-corrected chi connectivity index (χ3v) is 6.69. The van der Waals surface area contributed by atoms with E-state index < -0.39 is 75.7 Å². The average Bonchev–Trinajstić information content (AvgIpc) is 2.99. The molecule has 0 unspecified atom stereocenters. The van der Waals surface area contributed by atoms with Crippen LogP contribution in [0.15, 0.2) is 60.6 Å². The molecule has 0 radical (unpaired) electrons. The van der Waals surface area contributed by atoms with Crippen LogP contribution in [0.1, 0.15) is 101 Å². The molecule has 0 bridgehead atoms. The Kier molecular flexibility index (Phi) is 15.7. The van der Waals surface area contributed by atoms with Gasteiger partial charge in [0.25, 0.3) is 0 Å². The molecule has 0 saturated carbocycles. The zero-order valence-corrected chi connectivity index (χ0v) is 35.5. The summed E-state index contributed by atoms with van der Waals surface area (Å²) >= 11 is 12.3. The zero-order chi connectivity index (χ0) is 43.0. The Morgan fingerprint density at radius 3 is 1.27 bits per heavy atom. The highest BCUT2D eigenvalue weighted by Gasteiger charge is 2.41. The van der Waals surface area contributed by atoms with E-state index in [1.54, 1.807) is 41.5 Å². The van der Waals surface area contributed by atoms with E-state index in [9.17, 15) is 28.8 Å². The fraction of sp³-hybridized carbons (Fsp3) is 0.450. The van der Waals surface area contributed by atoms with Gasteiger partial charge in [-0.05, 0) is 125 Å². The van der Waals surface area contributed by atoms with Crippen LogP contribution in [0.25, 0.3) is 11.1 Å². The van der Waals surface area contributed by atoms with E-state index in [-0.39, 0.29) is 32.7 Å². The Bertz CT molecular complexity index is 1790. The van der Waals surface area contributed by atoms with Crippen LogP contribution < -0.4 is 0 Å². The Balaban J connectivity index is 3.16. The fourth-order valence-electron chi connectivity index (χ4n) is 4.16. The van der Waals surface area contributed by atoms with Gasteiger partial charge in [-0.2, -0.15) is 4.90 Å². The van der Waals surface area contributed by atoms with Crippen molar-refractivity contribution in [3.8, 4) is 0 Å². The lowest BCUT2D eigenvalue weighted by molar-refractivity contribution is -0.137. The smallest absolute Gasteiger partial charge is 0.427 e. The number of imide groups is 2. The molecule has 0 fully saturated rings. The second kappa shape index (κ2) is 18.7. The fourth-order valence-corrected chi connectivity index (χ4v) is 4.41. The van der Waals surface area contributed by atoms with Crippen molar-refractivity contribution in [3.63, 3.8) is 0 Å². The van der Waals surface area contributed by atoms with Crippen LogP contribution in [0.2, 0.25) is 10.0 Å². The summed E-state index contributed by atoms with van der Waals surface area (Å²) in [5, 5.41) is 0.510. The molecule has 0 aromatic heterocycles. The van der Waals surface area contributed by atoms with Gasteiger partial charge in [0.1, 0.15) is 28.0 Å². The minimum Gasteiger partial charge on any atom is -0.462 e. The van der Waals surface area contributed by atoms with Crippen LogP contribution >= 0.6 is 23.2 Å². The van der Waals surface area contributed by atoms with E-state index in [1.807, 2.05) is 0 Å². The van der Waals surface area contributed by atoms with Crippen LogP contribution in [0, 0.1) is 0 Å². The maximum atomic E-state index is 14.7. The Labute approximate surface area is 337 Å². The molecule has 0 aliphatic heterocycles. The highest BCUT2D eigenvalue weighted by atomic mass is 35.5. The first-order chi connectivity index (χ1) is 25.5. The first kappa shape index (κ1) is 47.1. The van der Waals surface area contributed by atoms with Crippen molar-refractivity contribution in [3.05, 3.63) is 81.8 Å². The largest absolute Gasteiger partial charge is 0.462 e. The molecule has 0 N–H and O–H groups in total. The highest BCUT2D eigenvalue weighted by Crippen LogP contribution is 2.31. The normalized spacial score (nSPS) is 12.7. The second-order valence-electron chi connectivity index (χ2n) is 16.0. The SMILES string of the molecule is CCOC(=O)/C(=C(/OC(=O)/C(=C/N(C(=O)OC(C)(C)C)C(=O)OC(C)(C)C)c1ccc(Cl)cc1)N(C(=O)OC(C)(C)C)C(=O)OC(C)(C)C)c1ccc(Cl)cc1. The molecule has 0 saturated heterocycles. The molecule has 0 atom stereocenters. The summed E-state index contributed by atoms with van der Waals surface area (Å²) in [6.45, 7) is 19.8. The number of benzene rings is 2. The monoisotopic (exact) mass is 820 g/mol. The predicted molar refractivity (Wildman–Crippen MR) is 209 cm³/mol. The number of rotatable bonds is 8. The molecule has 14 nitrogen and oxygen atoms in total. The maximum absolute atomic E-state index is 14.7. The lowest BCUT2D eigenvalue weighted by Gasteiger charge is -2.30. The van der Waals surface area contributed by atoms with Crippen molar-refractivity contribution in [2.45, 2.75) is 112 Å². The third-order valence-electron chi connectivity index (χ3n) is 6.18. The van der Waals surface area contributed by atoms with Crippen LogP contribution in [0.5, 0.6) is 0 Å². The van der Waals surface area contributed by atoms with Crippen molar-refractivity contribution in [2.75, 3.05) is 6.61 Å². The Morgan fingerprint density at radius 2 is 0.911 bits per heavy atom. The summed E-state index contributed by atoms with van der Waals surface area (Å²) < 4.78 is 33.3. The average molecular weight is 822 g/mol. The van der Waals surface area contributed by atoms with Gasteiger partial charge in [0.05, 0.1) is 12.2 Å². The number of ether oxygens (including phenoxy) is 6. The molecule has 0 aliphatic carbocycles. The van der Waals surface area contributed by atoms with Gasteiger partial charge in [-0.15, -0.1) is 4.90 Å². The highest BCUT2D eigenvalue weighted by molar-refractivity contribution is 6.31. The van der Waals surface area contributed by atoms with Crippen molar-refractivity contribution in [2.24, 2.45) is 0 Å². The number of esters is 2. The minimum atomic E-state index is -1.41. The van der Waals surface area contributed by atoms with E-state index >= 15 is 0 Å². The van der Waals surface area contributed by atoms with Gasteiger partial charge in [-0.1, -0.05) is 47.5 Å². The van der Waals surface area contributed by atoms with Gasteiger partial charge in [0.2, 0.25) is 5.88 Å². The number of carbonyl (C=O) groups excluding carboxylic acids is 6. The molecule has 0 spiro atoms. The van der Waals surface area contributed by atoms with Gasteiger partial charge in [0.15, 0.2) is 0 Å². The molecule has 2 rings (SSSR count). The lowest BCUT2D eigenvalue weighted by Crippen LogP contribution is -2.45. The molecule has 56 heavy (non-hydrogen) atoms. The van der Waals surface area contributed by atoms with Crippen molar-refractivity contribution in [1.82, 2.24) is 9.80 Å². The van der Waals surface area contributed by atoms with E-state index in [2.05, 4.69) is 0 Å². The molecule has 4 amide bonds.